The summed E-state index contributed by atoms with van der Waals surface area (Å²) >= 11 is 1.81. The second kappa shape index (κ2) is 8.11. The van der Waals surface area contributed by atoms with E-state index in [9.17, 15) is 0 Å². The van der Waals surface area contributed by atoms with E-state index in [0.29, 0.717) is 12.0 Å². The van der Waals surface area contributed by atoms with Crippen LogP contribution in [0, 0.1) is 11.8 Å². The van der Waals surface area contributed by atoms with Crippen LogP contribution in [0.3, 0.4) is 0 Å². The lowest BCUT2D eigenvalue weighted by atomic mass is 10.2. The van der Waals surface area contributed by atoms with Gasteiger partial charge in [-0.05, 0) is 38.1 Å². The van der Waals surface area contributed by atoms with Crippen LogP contribution >= 0.6 is 11.3 Å². The molecule has 1 aliphatic carbocycles. The fraction of sp³-hybridized carbons (Fsp3) is 0.812. The van der Waals surface area contributed by atoms with Crippen molar-refractivity contribution in [3.05, 3.63) is 11.1 Å². The Labute approximate surface area is 132 Å². The number of hydrogen-bond acceptors (Lipinski definition) is 5. The van der Waals surface area contributed by atoms with Crippen LogP contribution in [0.4, 0.5) is 5.13 Å². The van der Waals surface area contributed by atoms with Crippen LogP contribution in [0.15, 0.2) is 6.20 Å². The number of aromatic nitrogens is 1. The quantitative estimate of drug-likeness (QED) is 0.720. The molecule has 1 aliphatic rings. The first kappa shape index (κ1) is 16.7. The molecule has 0 aliphatic heterocycles. The van der Waals surface area contributed by atoms with E-state index in [1.165, 1.54) is 17.7 Å². The first-order valence-corrected chi connectivity index (χ1v) is 8.84. The van der Waals surface area contributed by atoms with E-state index < -0.39 is 0 Å². The SMILES string of the molecule is COCCN(c1ncc(CNCC(C)C)s1)C(C)C1CC1. The van der Waals surface area contributed by atoms with Gasteiger partial charge in [0.2, 0.25) is 0 Å². The lowest BCUT2D eigenvalue weighted by Gasteiger charge is -2.28. The maximum absolute atomic E-state index is 5.27. The summed E-state index contributed by atoms with van der Waals surface area (Å²) in [5.74, 6) is 1.53. The minimum Gasteiger partial charge on any atom is -0.383 e. The molecule has 0 aromatic carbocycles. The van der Waals surface area contributed by atoms with Crippen molar-refractivity contribution in [3.63, 3.8) is 0 Å². The average molecular weight is 311 g/mol. The van der Waals surface area contributed by atoms with Gasteiger partial charge in [0.05, 0.1) is 6.61 Å². The molecule has 1 atom stereocenters. The number of ether oxygens (including phenoxy) is 1. The minimum absolute atomic E-state index is 0.572. The van der Waals surface area contributed by atoms with Gasteiger partial charge in [-0.1, -0.05) is 13.8 Å². The van der Waals surface area contributed by atoms with Crippen molar-refractivity contribution >= 4 is 16.5 Å². The van der Waals surface area contributed by atoms with E-state index in [-0.39, 0.29) is 0 Å². The molecular weight excluding hydrogens is 282 g/mol. The molecule has 1 aromatic heterocycles. The van der Waals surface area contributed by atoms with Gasteiger partial charge in [0.25, 0.3) is 0 Å². The molecule has 1 heterocycles. The molecule has 0 spiro atoms. The Balaban J connectivity index is 1.93. The predicted octanol–water partition coefficient (Wildman–Crippen LogP) is 3.14. The monoisotopic (exact) mass is 311 g/mol. The molecule has 0 radical (unpaired) electrons. The van der Waals surface area contributed by atoms with Gasteiger partial charge < -0.3 is 15.0 Å². The number of nitrogens with zero attached hydrogens (tertiary/aromatic N) is 2. The summed E-state index contributed by atoms with van der Waals surface area (Å²) in [5.41, 5.74) is 0. The molecule has 120 valence electrons. The Hall–Kier alpha value is -0.650. The van der Waals surface area contributed by atoms with Crippen molar-refractivity contribution in [1.29, 1.82) is 0 Å². The lowest BCUT2D eigenvalue weighted by Crippen LogP contribution is -2.37. The number of hydrogen-bond donors (Lipinski definition) is 1. The van der Waals surface area contributed by atoms with Crippen LogP contribution in [-0.4, -0.2) is 37.8 Å². The number of rotatable bonds is 10. The molecule has 2 rings (SSSR count). The van der Waals surface area contributed by atoms with Crippen LogP contribution in [0.1, 0.15) is 38.5 Å². The third-order valence-corrected chi connectivity index (χ3v) is 5.01. The zero-order valence-electron chi connectivity index (χ0n) is 13.8. The van der Waals surface area contributed by atoms with Crippen molar-refractivity contribution in [1.82, 2.24) is 10.3 Å². The Morgan fingerprint density at radius 2 is 2.19 bits per heavy atom. The van der Waals surface area contributed by atoms with Crippen molar-refractivity contribution in [2.24, 2.45) is 11.8 Å². The predicted molar refractivity (Wildman–Crippen MR) is 90.1 cm³/mol. The third kappa shape index (κ3) is 5.24. The fourth-order valence-electron chi connectivity index (χ4n) is 2.49. The topological polar surface area (TPSA) is 37.4 Å². The Bertz CT molecular complexity index is 417. The summed E-state index contributed by atoms with van der Waals surface area (Å²) in [7, 11) is 1.77. The van der Waals surface area contributed by atoms with Crippen molar-refractivity contribution in [2.75, 3.05) is 31.7 Å². The molecule has 1 unspecified atom stereocenters. The van der Waals surface area contributed by atoms with Gasteiger partial charge in [0.15, 0.2) is 5.13 Å². The summed E-state index contributed by atoms with van der Waals surface area (Å²) in [6.45, 7) is 10.5. The smallest absolute Gasteiger partial charge is 0.185 e. The van der Waals surface area contributed by atoms with E-state index in [1.54, 1.807) is 7.11 Å². The van der Waals surface area contributed by atoms with E-state index in [1.807, 2.05) is 17.5 Å². The third-order valence-electron chi connectivity index (χ3n) is 3.97. The number of methoxy groups -OCH3 is 1. The zero-order valence-corrected chi connectivity index (χ0v) is 14.6. The fourth-order valence-corrected chi connectivity index (χ4v) is 3.49. The van der Waals surface area contributed by atoms with E-state index in [2.05, 4.69) is 36.0 Å². The van der Waals surface area contributed by atoms with E-state index in [4.69, 9.17) is 4.74 Å². The Kier molecular flexibility index (Phi) is 6.45. The van der Waals surface area contributed by atoms with E-state index in [0.717, 1.165) is 37.3 Å². The van der Waals surface area contributed by atoms with Gasteiger partial charge in [-0.25, -0.2) is 4.98 Å². The standard InChI is InChI=1S/C16H29N3OS/c1-12(2)9-17-10-15-11-18-16(21-15)19(7-8-20-4)13(3)14-5-6-14/h11-14,17H,5-10H2,1-4H3. The molecule has 0 saturated heterocycles. The highest BCUT2D eigenvalue weighted by Gasteiger charge is 2.33. The van der Waals surface area contributed by atoms with Gasteiger partial charge in [0.1, 0.15) is 0 Å². The Morgan fingerprint density at radius 1 is 1.43 bits per heavy atom. The van der Waals surface area contributed by atoms with Crippen molar-refractivity contribution in [2.45, 2.75) is 46.2 Å². The normalized spacial score (nSPS) is 16.4. The van der Waals surface area contributed by atoms with E-state index >= 15 is 0 Å². The number of nitrogens with one attached hydrogen (secondary N) is 1. The number of anilines is 1. The first-order valence-electron chi connectivity index (χ1n) is 8.02. The molecule has 0 bridgehead atoms. The van der Waals surface area contributed by atoms with Crippen LogP contribution in [-0.2, 0) is 11.3 Å². The van der Waals surface area contributed by atoms with Gasteiger partial charge in [-0.2, -0.15) is 0 Å². The maximum atomic E-state index is 5.27. The van der Waals surface area contributed by atoms with Gasteiger partial charge in [-0.3, -0.25) is 0 Å². The summed E-state index contributed by atoms with van der Waals surface area (Å²) < 4.78 is 5.27. The molecule has 1 N–H and O–H groups in total. The molecular formula is C16H29N3OS. The Morgan fingerprint density at radius 3 is 2.81 bits per heavy atom. The van der Waals surface area contributed by atoms with Crippen molar-refractivity contribution < 1.29 is 4.74 Å². The van der Waals surface area contributed by atoms with Crippen LogP contribution in [0.2, 0.25) is 0 Å². The maximum Gasteiger partial charge on any atom is 0.185 e. The summed E-state index contributed by atoms with van der Waals surface area (Å²) in [5, 5.41) is 4.63. The van der Waals surface area contributed by atoms with Crippen LogP contribution in [0.25, 0.3) is 0 Å². The van der Waals surface area contributed by atoms with Crippen molar-refractivity contribution in [3.8, 4) is 0 Å². The van der Waals surface area contributed by atoms with Gasteiger partial charge >= 0.3 is 0 Å². The number of thiazole rings is 1. The average Bonchev–Trinajstić information content (AvgIpc) is 3.20. The lowest BCUT2D eigenvalue weighted by molar-refractivity contribution is 0.202. The largest absolute Gasteiger partial charge is 0.383 e. The van der Waals surface area contributed by atoms with Gasteiger partial charge in [-0.15, -0.1) is 11.3 Å². The molecule has 1 aromatic rings. The summed E-state index contributed by atoms with van der Waals surface area (Å²) in [4.78, 5) is 8.39. The highest BCUT2D eigenvalue weighted by atomic mass is 32.1. The second-order valence-corrected chi connectivity index (χ2v) is 7.49. The highest BCUT2D eigenvalue weighted by Crippen LogP contribution is 2.37. The molecule has 4 nitrogen and oxygen atoms in total. The molecule has 21 heavy (non-hydrogen) atoms. The highest BCUT2D eigenvalue weighted by molar-refractivity contribution is 7.15. The molecule has 0 amide bonds. The van der Waals surface area contributed by atoms with Crippen LogP contribution in [0.5, 0.6) is 0 Å². The molecule has 1 saturated carbocycles. The second-order valence-electron chi connectivity index (χ2n) is 6.40. The first-order chi connectivity index (χ1) is 10.1. The minimum atomic E-state index is 0.572. The van der Waals surface area contributed by atoms with Crippen LogP contribution < -0.4 is 10.2 Å². The zero-order chi connectivity index (χ0) is 15.2. The summed E-state index contributed by atoms with van der Waals surface area (Å²) in [6, 6.07) is 0.572. The molecule has 5 heteroatoms. The summed E-state index contributed by atoms with van der Waals surface area (Å²) in [6.07, 6.45) is 4.74. The van der Waals surface area contributed by atoms with Gasteiger partial charge in [0, 0.05) is 37.3 Å². The molecule has 1 fully saturated rings.